The van der Waals surface area contributed by atoms with Gasteiger partial charge in [-0.05, 0) is 0 Å². The van der Waals surface area contributed by atoms with Gasteiger partial charge in [0.25, 0.3) is 0 Å². The monoisotopic (exact) mass is 468 g/mol. The van der Waals surface area contributed by atoms with Gasteiger partial charge in [-0.2, -0.15) is 0 Å². The molecule has 0 bridgehead atoms. The van der Waals surface area contributed by atoms with Crippen molar-refractivity contribution in [3.63, 3.8) is 0 Å². The standard InChI is InChI=1S/C16H13ClFN2O.3CH3.Sn/c17-16-12-8-11(18)5-4-10(12)7-14-13(16)9-19-20(14)15-3-1-2-6-21-15;;;;/h4-5,7,9,15H,1-3,6H2;3*1H3;. The summed E-state index contributed by atoms with van der Waals surface area (Å²) < 4.78 is 23.3. The minimum atomic E-state index is -2.69. The summed E-state index contributed by atoms with van der Waals surface area (Å²) in [7, 11) is 0. The van der Waals surface area contributed by atoms with E-state index in [0.29, 0.717) is 5.02 Å². The summed E-state index contributed by atoms with van der Waals surface area (Å²) in [6.45, 7) is 0.765. The van der Waals surface area contributed by atoms with Crippen LogP contribution in [-0.4, -0.2) is 34.8 Å². The van der Waals surface area contributed by atoms with Gasteiger partial charge in [-0.3, -0.25) is 0 Å². The summed E-state index contributed by atoms with van der Waals surface area (Å²) in [4.78, 5) is 6.64. The summed E-state index contributed by atoms with van der Waals surface area (Å²) >= 11 is 4.09. The van der Waals surface area contributed by atoms with E-state index >= 15 is 0 Å². The van der Waals surface area contributed by atoms with Crippen LogP contribution >= 0.6 is 11.6 Å². The van der Waals surface area contributed by atoms with Gasteiger partial charge < -0.3 is 0 Å². The van der Waals surface area contributed by atoms with Gasteiger partial charge in [0.1, 0.15) is 0 Å². The summed E-state index contributed by atoms with van der Waals surface area (Å²) in [5.74, 6) is -0.125. The molecular formula is C19H22ClFN2OSn. The van der Waals surface area contributed by atoms with Crippen LogP contribution in [0.25, 0.3) is 21.7 Å². The molecule has 1 saturated heterocycles. The first kappa shape index (κ1) is 17.6. The van der Waals surface area contributed by atoms with E-state index in [2.05, 4.69) is 26.0 Å². The molecular weight excluding hydrogens is 445 g/mol. The number of hydrogen-bond acceptors (Lipinski definition) is 2. The van der Waals surface area contributed by atoms with Gasteiger partial charge in [0.05, 0.1) is 0 Å². The van der Waals surface area contributed by atoms with E-state index in [9.17, 15) is 4.39 Å². The van der Waals surface area contributed by atoms with Gasteiger partial charge in [-0.1, -0.05) is 0 Å². The van der Waals surface area contributed by atoms with Crippen LogP contribution in [0.4, 0.5) is 4.39 Å². The van der Waals surface area contributed by atoms with Crippen molar-refractivity contribution >= 4 is 55.2 Å². The Morgan fingerprint density at radius 1 is 1.28 bits per heavy atom. The molecule has 3 nitrogen and oxygen atoms in total. The van der Waals surface area contributed by atoms with Crippen LogP contribution in [0.1, 0.15) is 25.5 Å². The number of ether oxygens (including phenoxy) is 1. The molecule has 2 aromatic carbocycles. The van der Waals surface area contributed by atoms with Gasteiger partial charge in [-0.25, -0.2) is 0 Å². The van der Waals surface area contributed by atoms with E-state index in [4.69, 9.17) is 16.3 Å². The molecule has 1 fully saturated rings. The molecule has 0 spiro atoms. The Hall–Kier alpha value is -0.851. The second-order valence-electron chi connectivity index (χ2n) is 7.80. The van der Waals surface area contributed by atoms with Crippen molar-refractivity contribution in [3.05, 3.63) is 35.2 Å². The molecule has 25 heavy (non-hydrogen) atoms. The number of fused-ring (bicyclic) bond motifs is 2. The van der Waals surface area contributed by atoms with Gasteiger partial charge in [0, 0.05) is 0 Å². The fourth-order valence-corrected chi connectivity index (χ4v) is 9.56. The Labute approximate surface area is 156 Å². The fourth-order valence-electron chi connectivity index (χ4n) is 3.80. The predicted molar refractivity (Wildman–Crippen MR) is 104 cm³/mol. The quantitative estimate of drug-likeness (QED) is 0.483. The molecule has 0 amide bonds. The third-order valence-electron chi connectivity index (χ3n) is 4.95. The van der Waals surface area contributed by atoms with Crippen molar-refractivity contribution in [2.75, 3.05) is 6.61 Å². The van der Waals surface area contributed by atoms with Crippen molar-refractivity contribution < 1.29 is 9.13 Å². The summed E-state index contributed by atoms with van der Waals surface area (Å²) in [5, 5.41) is 7.91. The van der Waals surface area contributed by atoms with Crippen LogP contribution in [0.2, 0.25) is 19.8 Å². The predicted octanol–water partition coefficient (Wildman–Crippen LogP) is 5.23. The molecule has 132 valence electrons. The first-order valence-corrected chi connectivity index (χ1v) is 19.1. The van der Waals surface area contributed by atoms with Gasteiger partial charge in [-0.15, -0.1) is 0 Å². The molecule has 0 saturated carbocycles. The molecule has 4 rings (SSSR count). The molecule has 0 radical (unpaired) electrons. The third-order valence-corrected chi connectivity index (χ3v) is 11.0. The molecule has 1 aliphatic rings. The van der Waals surface area contributed by atoms with Crippen molar-refractivity contribution in [2.24, 2.45) is 0 Å². The first-order valence-electron chi connectivity index (χ1n) is 8.78. The van der Waals surface area contributed by atoms with E-state index in [1.165, 1.54) is 0 Å². The van der Waals surface area contributed by atoms with Crippen LogP contribution in [0.5, 0.6) is 0 Å². The molecule has 0 N–H and O–H groups in total. The molecule has 0 aliphatic carbocycles. The Bertz CT molecular complexity index is 958. The number of hydrogen-bond donors (Lipinski definition) is 0. The average molecular weight is 468 g/mol. The molecule has 6 heteroatoms. The Balaban J connectivity index is 2.00. The summed E-state index contributed by atoms with van der Waals surface area (Å²) in [6.07, 6.45) is 4.95. The number of aromatic nitrogens is 2. The third kappa shape index (κ3) is 2.96. The SMILES string of the molecule is [CH3][Sn]([CH3])([CH3])[c]1c(F)ccc2cc3c(cnn3C3CCCCO3)c(Cl)c12. The van der Waals surface area contributed by atoms with Gasteiger partial charge in [0.2, 0.25) is 0 Å². The zero-order chi connectivity index (χ0) is 17.8. The van der Waals surface area contributed by atoms with E-state index < -0.39 is 18.4 Å². The first-order chi connectivity index (χ1) is 11.9. The van der Waals surface area contributed by atoms with Crippen LogP contribution in [0.3, 0.4) is 0 Å². The second kappa shape index (κ2) is 6.39. The average Bonchev–Trinajstić information content (AvgIpc) is 2.99. The number of nitrogens with zero attached hydrogens (tertiary/aromatic N) is 2. The van der Waals surface area contributed by atoms with Crippen LogP contribution in [0.15, 0.2) is 24.4 Å². The molecule has 1 aliphatic heterocycles. The molecule has 1 atom stereocenters. The topological polar surface area (TPSA) is 27.1 Å². The fraction of sp³-hybridized carbons (Fsp3) is 0.421. The Morgan fingerprint density at radius 3 is 2.76 bits per heavy atom. The van der Waals surface area contributed by atoms with E-state index in [0.717, 1.165) is 51.1 Å². The van der Waals surface area contributed by atoms with E-state index in [1.54, 1.807) is 12.3 Å². The van der Waals surface area contributed by atoms with Crippen LogP contribution < -0.4 is 3.58 Å². The Morgan fingerprint density at radius 2 is 2.08 bits per heavy atom. The van der Waals surface area contributed by atoms with Crippen molar-refractivity contribution in [1.29, 1.82) is 0 Å². The van der Waals surface area contributed by atoms with Crippen LogP contribution in [0, 0.1) is 5.82 Å². The van der Waals surface area contributed by atoms with E-state index in [-0.39, 0.29) is 12.0 Å². The molecule has 1 unspecified atom stereocenters. The van der Waals surface area contributed by atoms with Crippen molar-refractivity contribution in [2.45, 2.75) is 40.3 Å². The van der Waals surface area contributed by atoms with Crippen LogP contribution in [-0.2, 0) is 4.74 Å². The maximum atomic E-state index is 14.6. The van der Waals surface area contributed by atoms with E-state index in [1.807, 2.05) is 10.7 Å². The Kier molecular flexibility index (Phi) is 4.49. The summed E-state index contributed by atoms with van der Waals surface area (Å²) in [6, 6.07) is 5.50. The maximum absolute atomic E-state index is 14.6. The number of halogens is 2. The minimum absolute atomic E-state index is 0.0403. The summed E-state index contributed by atoms with van der Waals surface area (Å²) in [5.41, 5.74) is 0.964. The molecule has 1 aromatic heterocycles. The van der Waals surface area contributed by atoms with Gasteiger partial charge in [0.15, 0.2) is 0 Å². The molecule has 2 heterocycles. The molecule has 3 aromatic rings. The zero-order valence-corrected chi connectivity index (χ0v) is 18.4. The second-order valence-corrected chi connectivity index (χ2v) is 22.5. The normalized spacial score (nSPS) is 19.0. The van der Waals surface area contributed by atoms with Gasteiger partial charge >= 0.3 is 156 Å². The van der Waals surface area contributed by atoms with Crippen molar-refractivity contribution in [3.8, 4) is 0 Å². The number of rotatable bonds is 2. The van der Waals surface area contributed by atoms with Crippen molar-refractivity contribution in [1.82, 2.24) is 9.78 Å². The number of benzene rings is 2. The zero-order valence-electron chi connectivity index (χ0n) is 14.8.